The van der Waals surface area contributed by atoms with Crippen molar-refractivity contribution in [3.63, 3.8) is 0 Å². The summed E-state index contributed by atoms with van der Waals surface area (Å²) in [4.78, 5) is 0. The lowest BCUT2D eigenvalue weighted by Gasteiger charge is -2.20. The maximum Gasteiger partial charge on any atom is 0.134 e. The zero-order valence-corrected chi connectivity index (χ0v) is 8.38. The van der Waals surface area contributed by atoms with Crippen LogP contribution in [-0.2, 0) is 33.0 Å². The van der Waals surface area contributed by atoms with Crippen molar-refractivity contribution in [3.05, 3.63) is 0 Å². The van der Waals surface area contributed by atoms with Gasteiger partial charge in [-0.2, -0.15) is 0 Å². The standard InChI is InChI=1S/C5H6OS4/c1-2-5-3-4-9-10(7,8)6-5/h1,5H,3-4H2. The zero-order valence-electron chi connectivity index (χ0n) is 5.11. The maximum absolute atomic E-state index is 5.26. The Morgan fingerprint density at radius 2 is 2.40 bits per heavy atom. The van der Waals surface area contributed by atoms with Gasteiger partial charge in [0.25, 0.3) is 0 Å². The first kappa shape index (κ1) is 8.75. The van der Waals surface area contributed by atoms with Gasteiger partial charge in [-0.05, 0) is 28.8 Å². The van der Waals surface area contributed by atoms with E-state index in [4.69, 9.17) is 33.0 Å². The van der Waals surface area contributed by atoms with E-state index in [1.54, 1.807) is 0 Å². The molecular weight excluding hydrogens is 204 g/mol. The van der Waals surface area contributed by atoms with Gasteiger partial charge in [0.05, 0.1) is 6.46 Å². The number of rotatable bonds is 0. The lowest BCUT2D eigenvalue weighted by molar-refractivity contribution is 0.300. The highest BCUT2D eigenvalue weighted by atomic mass is 33.5. The molecule has 0 amide bonds. The van der Waals surface area contributed by atoms with Gasteiger partial charge in [0.15, 0.2) is 0 Å². The molecule has 5 heteroatoms. The molecule has 0 aliphatic carbocycles. The Morgan fingerprint density at radius 3 is 2.80 bits per heavy atom. The van der Waals surface area contributed by atoms with E-state index in [0.717, 1.165) is 12.2 Å². The van der Waals surface area contributed by atoms with Gasteiger partial charge in [-0.25, -0.2) is 0 Å². The van der Waals surface area contributed by atoms with E-state index >= 15 is 0 Å². The van der Waals surface area contributed by atoms with Crippen LogP contribution in [0.15, 0.2) is 0 Å². The molecule has 10 heavy (non-hydrogen) atoms. The van der Waals surface area contributed by atoms with Crippen molar-refractivity contribution in [1.82, 2.24) is 0 Å². The fourth-order valence-corrected chi connectivity index (χ4v) is 4.74. The lowest BCUT2D eigenvalue weighted by Crippen LogP contribution is -2.19. The van der Waals surface area contributed by atoms with Gasteiger partial charge in [0.2, 0.25) is 0 Å². The number of hydrogen-bond donors (Lipinski definition) is 0. The van der Waals surface area contributed by atoms with Crippen LogP contribution in [0.4, 0.5) is 0 Å². The SMILES string of the molecule is C#CC1CCSS(=S)(=S)O1. The Hall–Kier alpha value is 0.660. The van der Waals surface area contributed by atoms with Crippen molar-refractivity contribution in [1.29, 1.82) is 0 Å². The van der Waals surface area contributed by atoms with E-state index < -0.39 is 6.46 Å². The Morgan fingerprint density at radius 1 is 1.70 bits per heavy atom. The third-order valence-electron chi connectivity index (χ3n) is 1.03. The minimum absolute atomic E-state index is 0.133. The molecule has 0 aromatic carbocycles. The quantitative estimate of drug-likeness (QED) is 0.436. The molecule has 0 aromatic heterocycles. The monoisotopic (exact) mass is 210 g/mol. The maximum atomic E-state index is 5.26. The molecule has 0 bridgehead atoms. The minimum atomic E-state index is -1.70. The van der Waals surface area contributed by atoms with E-state index in [-0.39, 0.29) is 6.10 Å². The third kappa shape index (κ3) is 2.36. The van der Waals surface area contributed by atoms with Crippen LogP contribution in [0.3, 0.4) is 0 Å². The van der Waals surface area contributed by atoms with Crippen molar-refractivity contribution in [2.75, 3.05) is 5.75 Å². The molecule has 1 rings (SSSR count). The van der Waals surface area contributed by atoms with Gasteiger partial charge in [-0.15, -0.1) is 6.42 Å². The smallest absolute Gasteiger partial charge is 0.134 e. The number of hydrogen-bond acceptors (Lipinski definition) is 4. The molecule has 1 unspecified atom stereocenters. The summed E-state index contributed by atoms with van der Waals surface area (Å²) in [6.07, 6.45) is 5.91. The van der Waals surface area contributed by atoms with Gasteiger partial charge in [-0.3, -0.25) is 4.18 Å². The van der Waals surface area contributed by atoms with E-state index in [1.165, 1.54) is 10.8 Å². The topological polar surface area (TPSA) is 9.23 Å². The fourth-order valence-electron chi connectivity index (χ4n) is 0.586. The largest absolute Gasteiger partial charge is 0.285 e. The molecule has 1 heterocycles. The lowest BCUT2D eigenvalue weighted by atomic mass is 10.3. The highest BCUT2D eigenvalue weighted by Crippen LogP contribution is 2.26. The predicted molar refractivity (Wildman–Crippen MR) is 52.9 cm³/mol. The molecule has 1 nitrogen and oxygen atoms in total. The summed E-state index contributed by atoms with van der Waals surface area (Å²) in [6.45, 7) is -1.70. The molecule has 1 aliphatic rings. The summed E-state index contributed by atoms with van der Waals surface area (Å²) >= 11 is 9.96. The van der Waals surface area contributed by atoms with Crippen molar-refractivity contribution < 1.29 is 4.18 Å². The van der Waals surface area contributed by atoms with Crippen LogP contribution >= 0.6 is 10.8 Å². The van der Waals surface area contributed by atoms with Crippen LogP contribution in [0, 0.1) is 12.3 Å². The second-order valence-electron chi connectivity index (χ2n) is 1.77. The Labute approximate surface area is 74.3 Å². The first-order valence-electron chi connectivity index (χ1n) is 2.68. The Kier molecular flexibility index (Phi) is 2.95. The van der Waals surface area contributed by atoms with Crippen LogP contribution in [0.25, 0.3) is 0 Å². The molecule has 1 aliphatic heterocycles. The first-order valence-corrected chi connectivity index (χ1v) is 7.59. The summed E-state index contributed by atoms with van der Waals surface area (Å²) in [5.74, 6) is 3.45. The second-order valence-corrected chi connectivity index (χ2v) is 10.3. The van der Waals surface area contributed by atoms with Crippen LogP contribution in [0.5, 0.6) is 0 Å². The Bertz CT molecular complexity index is 247. The van der Waals surface area contributed by atoms with Crippen LogP contribution in [0.2, 0.25) is 0 Å². The van der Waals surface area contributed by atoms with Crippen LogP contribution in [0.1, 0.15) is 6.42 Å². The molecule has 1 saturated heterocycles. The van der Waals surface area contributed by atoms with Gasteiger partial charge in [-0.1, -0.05) is 16.7 Å². The number of terminal acetylenes is 1. The molecule has 0 N–H and O–H groups in total. The predicted octanol–water partition coefficient (Wildman–Crippen LogP) is 1.05. The molecule has 1 atom stereocenters. The Balaban J connectivity index is 2.67. The third-order valence-corrected chi connectivity index (χ3v) is 5.99. The van der Waals surface area contributed by atoms with E-state index in [0.29, 0.717) is 0 Å². The zero-order chi connectivity index (χ0) is 7.61. The summed E-state index contributed by atoms with van der Waals surface area (Å²) in [5.41, 5.74) is 0. The molecular formula is C5H6OS4. The van der Waals surface area contributed by atoms with E-state index in [9.17, 15) is 0 Å². The summed E-state index contributed by atoms with van der Waals surface area (Å²) < 4.78 is 5.26. The van der Waals surface area contributed by atoms with Gasteiger partial charge in [0, 0.05) is 5.75 Å². The average molecular weight is 210 g/mol. The summed E-state index contributed by atoms with van der Waals surface area (Å²) in [5, 5.41) is 0. The molecule has 0 saturated carbocycles. The average Bonchev–Trinajstić information content (AvgIpc) is 1.86. The van der Waals surface area contributed by atoms with Crippen molar-refractivity contribution in [2.45, 2.75) is 12.5 Å². The highest BCUT2D eigenvalue weighted by Gasteiger charge is 2.18. The summed E-state index contributed by atoms with van der Waals surface area (Å²) in [6, 6.07) is 0. The van der Waals surface area contributed by atoms with Crippen LogP contribution in [-0.4, -0.2) is 11.9 Å². The second kappa shape index (κ2) is 3.37. The fraction of sp³-hybridized carbons (Fsp3) is 0.600. The van der Waals surface area contributed by atoms with Crippen LogP contribution < -0.4 is 0 Å². The molecule has 56 valence electrons. The normalized spacial score (nSPS) is 30.9. The van der Waals surface area contributed by atoms with E-state index in [2.05, 4.69) is 5.92 Å². The molecule has 0 aromatic rings. The van der Waals surface area contributed by atoms with E-state index in [1.807, 2.05) is 0 Å². The molecule has 1 fully saturated rings. The first-order chi connectivity index (χ1) is 4.64. The minimum Gasteiger partial charge on any atom is -0.285 e. The van der Waals surface area contributed by atoms with Gasteiger partial charge < -0.3 is 0 Å². The summed E-state index contributed by atoms with van der Waals surface area (Å²) in [7, 11) is 1.53. The van der Waals surface area contributed by atoms with Gasteiger partial charge >= 0.3 is 0 Å². The molecule has 0 radical (unpaired) electrons. The molecule has 0 spiro atoms. The van der Waals surface area contributed by atoms with Crippen molar-refractivity contribution >= 4 is 39.6 Å². The highest BCUT2D eigenvalue weighted by molar-refractivity contribution is 8.96. The van der Waals surface area contributed by atoms with Crippen molar-refractivity contribution in [2.24, 2.45) is 0 Å². The van der Waals surface area contributed by atoms with Crippen molar-refractivity contribution in [3.8, 4) is 12.3 Å². The van der Waals surface area contributed by atoms with Gasteiger partial charge in [0.1, 0.15) is 6.10 Å².